The van der Waals surface area contributed by atoms with Crippen molar-refractivity contribution in [3.8, 4) is 11.5 Å². The van der Waals surface area contributed by atoms with Gasteiger partial charge in [-0.3, -0.25) is 4.79 Å². The summed E-state index contributed by atoms with van der Waals surface area (Å²) in [6, 6.07) is 21.1. The third-order valence-corrected chi connectivity index (χ3v) is 4.88. The molecular weight excluding hydrogens is 416 g/mol. The molecule has 3 aromatic rings. The molecule has 1 aliphatic heterocycles. The van der Waals surface area contributed by atoms with Gasteiger partial charge in [-0.2, -0.15) is 0 Å². The van der Waals surface area contributed by atoms with Gasteiger partial charge < -0.3 is 14.2 Å². The van der Waals surface area contributed by atoms with E-state index in [-0.39, 0.29) is 18.1 Å². The summed E-state index contributed by atoms with van der Waals surface area (Å²) in [6.07, 6.45) is 0.706. The van der Waals surface area contributed by atoms with E-state index in [1.165, 1.54) is 0 Å². The Labute approximate surface area is 184 Å². The fraction of sp³-hybridized carbons (Fsp3) is 0.120. The minimum atomic E-state index is -0.933. The summed E-state index contributed by atoms with van der Waals surface area (Å²) in [4.78, 5) is 25.2. The Morgan fingerprint density at radius 1 is 1.06 bits per heavy atom. The molecule has 0 N–H and O–H groups in total. The van der Waals surface area contributed by atoms with Crippen LogP contribution in [0.2, 0.25) is 5.02 Å². The number of halogens is 1. The van der Waals surface area contributed by atoms with Crippen molar-refractivity contribution in [2.45, 2.75) is 13.0 Å². The Kier molecular flexibility index (Phi) is 6.05. The van der Waals surface area contributed by atoms with Gasteiger partial charge in [-0.25, -0.2) is 4.79 Å². The highest BCUT2D eigenvalue weighted by Crippen LogP contribution is 2.36. The molecule has 31 heavy (non-hydrogen) atoms. The van der Waals surface area contributed by atoms with Crippen LogP contribution in [0.1, 0.15) is 34.5 Å². The van der Waals surface area contributed by atoms with Crippen LogP contribution in [0.15, 0.2) is 78.6 Å². The van der Waals surface area contributed by atoms with E-state index < -0.39 is 12.1 Å². The summed E-state index contributed by atoms with van der Waals surface area (Å²) < 4.78 is 16.9. The van der Waals surface area contributed by atoms with E-state index in [2.05, 4.69) is 0 Å². The Balaban J connectivity index is 1.59. The number of allylic oxidation sites excluding steroid dienone is 1. The topological polar surface area (TPSA) is 61.8 Å². The predicted octanol–water partition coefficient (Wildman–Crippen LogP) is 5.64. The normalized spacial score (nSPS) is 14.6. The van der Waals surface area contributed by atoms with Crippen LogP contribution in [0, 0.1) is 0 Å². The van der Waals surface area contributed by atoms with E-state index in [0.29, 0.717) is 27.6 Å². The van der Waals surface area contributed by atoms with Crippen molar-refractivity contribution in [1.82, 2.24) is 0 Å². The van der Waals surface area contributed by atoms with Crippen molar-refractivity contribution in [3.05, 3.63) is 100 Å². The summed E-state index contributed by atoms with van der Waals surface area (Å²) in [5.74, 6) is 0.225. The number of hydrogen-bond donors (Lipinski definition) is 0. The van der Waals surface area contributed by atoms with Gasteiger partial charge in [-0.15, -0.1) is 0 Å². The SMILES string of the molecule is CCOC(=O)C(Oc1ccc2c(c1)OC(=Cc1cccc(Cl)c1)C2=O)c1ccccc1. The van der Waals surface area contributed by atoms with Gasteiger partial charge >= 0.3 is 5.97 Å². The first-order chi connectivity index (χ1) is 15.0. The van der Waals surface area contributed by atoms with Crippen LogP contribution in [0.3, 0.4) is 0 Å². The number of ether oxygens (including phenoxy) is 3. The maximum Gasteiger partial charge on any atom is 0.352 e. The molecule has 0 aliphatic carbocycles. The fourth-order valence-corrected chi connectivity index (χ4v) is 3.42. The highest BCUT2D eigenvalue weighted by Gasteiger charge is 2.29. The number of carbonyl (C=O) groups is 2. The first kappa shape index (κ1) is 20.7. The zero-order valence-electron chi connectivity index (χ0n) is 16.7. The number of benzene rings is 3. The van der Waals surface area contributed by atoms with Gasteiger partial charge in [0.1, 0.15) is 11.5 Å². The maximum atomic E-state index is 12.7. The molecule has 0 radical (unpaired) electrons. The van der Waals surface area contributed by atoms with Crippen LogP contribution in [-0.4, -0.2) is 18.4 Å². The summed E-state index contributed by atoms with van der Waals surface area (Å²) in [5, 5.41) is 0.568. The Morgan fingerprint density at radius 3 is 2.61 bits per heavy atom. The molecule has 156 valence electrons. The lowest BCUT2D eigenvalue weighted by atomic mass is 10.1. The van der Waals surface area contributed by atoms with Crippen LogP contribution in [0.5, 0.6) is 11.5 Å². The van der Waals surface area contributed by atoms with E-state index in [1.807, 2.05) is 24.3 Å². The molecular formula is C25H19ClO5. The molecule has 0 saturated heterocycles. The van der Waals surface area contributed by atoms with E-state index in [0.717, 1.165) is 5.56 Å². The molecule has 0 saturated carbocycles. The highest BCUT2D eigenvalue weighted by molar-refractivity contribution is 6.30. The second-order valence-corrected chi connectivity index (χ2v) is 7.25. The summed E-state index contributed by atoms with van der Waals surface area (Å²) in [6.45, 7) is 1.98. The van der Waals surface area contributed by atoms with Crippen molar-refractivity contribution in [2.75, 3.05) is 6.61 Å². The van der Waals surface area contributed by atoms with Crippen LogP contribution >= 0.6 is 11.6 Å². The standard InChI is InChI=1S/C25H19ClO5/c1-2-29-25(28)24(17-8-4-3-5-9-17)30-19-11-12-20-21(15-19)31-22(23(20)27)14-16-7-6-10-18(26)13-16/h3-15,24H,2H2,1H3. The molecule has 6 heteroatoms. The van der Waals surface area contributed by atoms with Gasteiger partial charge in [0, 0.05) is 16.7 Å². The van der Waals surface area contributed by atoms with E-state index in [1.54, 1.807) is 61.5 Å². The number of hydrogen-bond acceptors (Lipinski definition) is 5. The Hall–Kier alpha value is -3.57. The monoisotopic (exact) mass is 434 g/mol. The molecule has 1 atom stereocenters. The average molecular weight is 435 g/mol. The molecule has 0 spiro atoms. The lowest BCUT2D eigenvalue weighted by molar-refractivity contribution is -0.151. The molecule has 4 rings (SSSR count). The first-order valence-electron chi connectivity index (χ1n) is 9.77. The molecule has 0 fully saturated rings. The molecule has 3 aromatic carbocycles. The third-order valence-electron chi connectivity index (χ3n) is 4.64. The summed E-state index contributed by atoms with van der Waals surface area (Å²) in [7, 11) is 0. The number of rotatable bonds is 6. The zero-order chi connectivity index (χ0) is 21.8. The quantitative estimate of drug-likeness (QED) is 0.371. The smallest absolute Gasteiger partial charge is 0.352 e. The summed E-state index contributed by atoms with van der Waals surface area (Å²) >= 11 is 6.01. The lowest BCUT2D eigenvalue weighted by Crippen LogP contribution is -2.21. The molecule has 0 amide bonds. The minimum Gasteiger partial charge on any atom is -0.474 e. The van der Waals surface area contributed by atoms with Crippen LogP contribution < -0.4 is 9.47 Å². The first-order valence-corrected chi connectivity index (χ1v) is 10.1. The van der Waals surface area contributed by atoms with Gasteiger partial charge in [0.05, 0.1) is 12.2 Å². The van der Waals surface area contributed by atoms with Crippen molar-refractivity contribution >= 4 is 29.4 Å². The van der Waals surface area contributed by atoms with Gasteiger partial charge in [-0.1, -0.05) is 54.1 Å². The van der Waals surface area contributed by atoms with Crippen LogP contribution in [0.25, 0.3) is 6.08 Å². The van der Waals surface area contributed by atoms with E-state index >= 15 is 0 Å². The molecule has 1 aliphatic rings. The van der Waals surface area contributed by atoms with Crippen LogP contribution in [-0.2, 0) is 9.53 Å². The average Bonchev–Trinajstić information content (AvgIpc) is 3.07. The van der Waals surface area contributed by atoms with Crippen molar-refractivity contribution in [1.29, 1.82) is 0 Å². The zero-order valence-corrected chi connectivity index (χ0v) is 17.5. The Bertz CT molecular complexity index is 1150. The predicted molar refractivity (Wildman–Crippen MR) is 117 cm³/mol. The van der Waals surface area contributed by atoms with Crippen molar-refractivity contribution in [3.63, 3.8) is 0 Å². The number of Topliss-reactive ketones (excluding diaryl/α,β-unsaturated/α-hetero) is 1. The van der Waals surface area contributed by atoms with Crippen molar-refractivity contribution in [2.24, 2.45) is 0 Å². The van der Waals surface area contributed by atoms with E-state index in [4.69, 9.17) is 25.8 Å². The van der Waals surface area contributed by atoms with Gasteiger partial charge in [0.2, 0.25) is 11.9 Å². The maximum absolute atomic E-state index is 12.7. The number of fused-ring (bicyclic) bond motifs is 1. The molecule has 1 unspecified atom stereocenters. The van der Waals surface area contributed by atoms with Crippen LogP contribution in [0.4, 0.5) is 0 Å². The molecule has 0 aromatic heterocycles. The second kappa shape index (κ2) is 9.06. The highest BCUT2D eigenvalue weighted by atomic mass is 35.5. The van der Waals surface area contributed by atoms with Gasteiger partial charge in [0.25, 0.3) is 0 Å². The number of esters is 1. The molecule has 1 heterocycles. The van der Waals surface area contributed by atoms with Gasteiger partial charge in [0.15, 0.2) is 5.76 Å². The fourth-order valence-electron chi connectivity index (χ4n) is 3.22. The Morgan fingerprint density at radius 2 is 1.87 bits per heavy atom. The largest absolute Gasteiger partial charge is 0.474 e. The lowest BCUT2D eigenvalue weighted by Gasteiger charge is -2.18. The number of ketones is 1. The third kappa shape index (κ3) is 4.62. The van der Waals surface area contributed by atoms with E-state index in [9.17, 15) is 9.59 Å². The second-order valence-electron chi connectivity index (χ2n) is 6.81. The molecule has 0 bridgehead atoms. The van der Waals surface area contributed by atoms with Gasteiger partial charge in [-0.05, 0) is 42.8 Å². The number of carbonyl (C=O) groups excluding carboxylic acids is 2. The van der Waals surface area contributed by atoms with Crippen molar-refractivity contribution < 1.29 is 23.8 Å². The summed E-state index contributed by atoms with van der Waals surface area (Å²) in [5.41, 5.74) is 1.85. The molecule has 5 nitrogen and oxygen atoms in total. The minimum absolute atomic E-state index is 0.194.